The predicted octanol–water partition coefficient (Wildman–Crippen LogP) is 2.92. The number of rotatable bonds is 8. The number of hydrogen-bond acceptors (Lipinski definition) is 3. The van der Waals surface area contributed by atoms with E-state index in [9.17, 15) is 9.90 Å². The molecule has 21 heavy (non-hydrogen) atoms. The fourth-order valence-corrected chi connectivity index (χ4v) is 2.85. The Morgan fingerprint density at radius 2 is 2.19 bits per heavy atom. The molecule has 0 bridgehead atoms. The van der Waals surface area contributed by atoms with Gasteiger partial charge in [0.05, 0.1) is 16.4 Å². The number of aromatic nitrogens is 2. The van der Waals surface area contributed by atoms with Crippen LogP contribution in [0.2, 0.25) is 5.02 Å². The molecule has 1 fully saturated rings. The van der Waals surface area contributed by atoms with E-state index in [1.807, 2.05) is 25.5 Å². The van der Waals surface area contributed by atoms with E-state index in [0.29, 0.717) is 30.5 Å². The van der Waals surface area contributed by atoms with Gasteiger partial charge >= 0.3 is 5.97 Å². The van der Waals surface area contributed by atoms with Gasteiger partial charge in [0.1, 0.15) is 5.54 Å². The zero-order valence-electron chi connectivity index (χ0n) is 12.9. The number of halogens is 1. The first-order valence-electron chi connectivity index (χ1n) is 7.60. The van der Waals surface area contributed by atoms with Crippen LogP contribution in [-0.2, 0) is 11.3 Å². The minimum atomic E-state index is -0.805. The lowest BCUT2D eigenvalue weighted by atomic mass is 9.90. The molecule has 1 unspecified atom stereocenters. The molecule has 5 nitrogen and oxygen atoms in total. The van der Waals surface area contributed by atoms with Gasteiger partial charge in [-0.25, -0.2) is 0 Å². The van der Waals surface area contributed by atoms with E-state index in [1.54, 1.807) is 0 Å². The molecule has 2 N–H and O–H groups in total. The van der Waals surface area contributed by atoms with E-state index >= 15 is 0 Å². The van der Waals surface area contributed by atoms with Crippen molar-refractivity contribution in [3.8, 4) is 0 Å². The molecule has 1 heterocycles. The Balaban J connectivity index is 1.98. The number of carboxylic acids is 1. The van der Waals surface area contributed by atoms with Crippen LogP contribution in [0, 0.1) is 13.8 Å². The lowest BCUT2D eigenvalue weighted by Gasteiger charge is -2.29. The number of aryl methyl sites for hydroxylation is 2. The fraction of sp³-hybridized carbons (Fsp3) is 0.733. The van der Waals surface area contributed by atoms with Crippen LogP contribution in [0.25, 0.3) is 0 Å². The van der Waals surface area contributed by atoms with Gasteiger partial charge in [-0.05, 0) is 46.0 Å². The van der Waals surface area contributed by atoms with Crippen molar-refractivity contribution >= 4 is 17.6 Å². The second kappa shape index (κ2) is 6.36. The largest absolute Gasteiger partial charge is 0.480 e. The lowest BCUT2D eigenvalue weighted by molar-refractivity contribution is -0.145. The Morgan fingerprint density at radius 3 is 2.62 bits per heavy atom. The summed E-state index contributed by atoms with van der Waals surface area (Å²) >= 11 is 6.13. The van der Waals surface area contributed by atoms with E-state index in [-0.39, 0.29) is 0 Å². The summed E-state index contributed by atoms with van der Waals surface area (Å²) in [5, 5.41) is 18.0. The lowest BCUT2D eigenvalue weighted by Crippen LogP contribution is -2.52. The Hall–Kier alpha value is -1.07. The molecule has 1 saturated carbocycles. The standard InChI is InChI=1S/C15H24ClN3O2/c1-4-15(14(20)21,17-12-6-7-12)8-5-9-19-11(3)13(16)10(2)18-19/h12,17H,4-9H2,1-3H3,(H,20,21). The monoisotopic (exact) mass is 313 g/mol. The molecule has 0 aliphatic heterocycles. The van der Waals surface area contributed by atoms with Gasteiger partial charge in [0, 0.05) is 12.6 Å². The van der Waals surface area contributed by atoms with Gasteiger partial charge in [0.2, 0.25) is 0 Å². The SMILES string of the molecule is CCC(CCCn1nc(C)c(Cl)c1C)(NC1CC1)C(=O)O. The van der Waals surface area contributed by atoms with Gasteiger partial charge in [-0.2, -0.15) is 5.10 Å². The van der Waals surface area contributed by atoms with Crippen molar-refractivity contribution in [3.63, 3.8) is 0 Å². The van der Waals surface area contributed by atoms with Crippen molar-refractivity contribution in [2.75, 3.05) is 0 Å². The van der Waals surface area contributed by atoms with Crippen LogP contribution in [-0.4, -0.2) is 32.4 Å². The molecule has 1 aliphatic carbocycles. The highest BCUT2D eigenvalue weighted by molar-refractivity contribution is 6.31. The van der Waals surface area contributed by atoms with Crippen LogP contribution >= 0.6 is 11.6 Å². The topological polar surface area (TPSA) is 67.2 Å². The smallest absolute Gasteiger partial charge is 0.323 e. The molecule has 6 heteroatoms. The second-order valence-electron chi connectivity index (χ2n) is 5.97. The average Bonchev–Trinajstić information content (AvgIpc) is 3.22. The van der Waals surface area contributed by atoms with Gasteiger partial charge in [-0.3, -0.25) is 14.8 Å². The van der Waals surface area contributed by atoms with Crippen LogP contribution in [0.1, 0.15) is 50.4 Å². The number of nitrogens with zero attached hydrogens (tertiary/aromatic N) is 2. The van der Waals surface area contributed by atoms with Crippen molar-refractivity contribution < 1.29 is 9.90 Å². The maximum absolute atomic E-state index is 11.7. The van der Waals surface area contributed by atoms with Crippen molar-refractivity contribution in [1.82, 2.24) is 15.1 Å². The van der Waals surface area contributed by atoms with Crippen molar-refractivity contribution in [3.05, 3.63) is 16.4 Å². The van der Waals surface area contributed by atoms with Crippen LogP contribution in [0.4, 0.5) is 0 Å². The first-order chi connectivity index (χ1) is 9.89. The Kier molecular flexibility index (Phi) is 4.94. The molecule has 1 aliphatic rings. The average molecular weight is 314 g/mol. The van der Waals surface area contributed by atoms with Crippen molar-refractivity contribution in [2.24, 2.45) is 0 Å². The van der Waals surface area contributed by atoms with E-state index in [4.69, 9.17) is 11.6 Å². The number of aliphatic carboxylic acids is 1. The number of carboxylic acid groups (broad SMARTS) is 1. The molecule has 0 saturated heterocycles. The molecule has 118 valence electrons. The van der Waals surface area contributed by atoms with Crippen LogP contribution in [0.15, 0.2) is 0 Å². The van der Waals surface area contributed by atoms with Crippen LogP contribution in [0.3, 0.4) is 0 Å². The normalized spacial score (nSPS) is 17.7. The molecule has 0 amide bonds. The van der Waals surface area contributed by atoms with Gasteiger partial charge in [0.15, 0.2) is 0 Å². The molecule has 0 aromatic carbocycles. The zero-order chi connectivity index (χ0) is 15.6. The molecular formula is C15H24ClN3O2. The summed E-state index contributed by atoms with van der Waals surface area (Å²) in [7, 11) is 0. The molecule has 1 aromatic heterocycles. The minimum absolute atomic E-state index is 0.379. The summed E-state index contributed by atoms with van der Waals surface area (Å²) in [6.45, 7) is 6.45. The van der Waals surface area contributed by atoms with E-state index in [2.05, 4.69) is 10.4 Å². The quantitative estimate of drug-likeness (QED) is 0.774. The fourth-order valence-electron chi connectivity index (χ4n) is 2.71. The summed E-state index contributed by atoms with van der Waals surface area (Å²) in [4.78, 5) is 11.7. The number of carbonyl (C=O) groups is 1. The third-order valence-electron chi connectivity index (χ3n) is 4.34. The molecule has 1 atom stereocenters. The summed E-state index contributed by atoms with van der Waals surface area (Å²) in [5.41, 5.74) is 0.966. The van der Waals surface area contributed by atoms with E-state index in [1.165, 1.54) is 0 Å². The minimum Gasteiger partial charge on any atom is -0.480 e. The number of hydrogen-bond donors (Lipinski definition) is 2. The summed E-state index contributed by atoms with van der Waals surface area (Å²) < 4.78 is 1.87. The van der Waals surface area contributed by atoms with Gasteiger partial charge in [-0.15, -0.1) is 0 Å². The van der Waals surface area contributed by atoms with Crippen LogP contribution in [0.5, 0.6) is 0 Å². The summed E-state index contributed by atoms with van der Waals surface area (Å²) in [5.74, 6) is -0.747. The molecular weight excluding hydrogens is 290 g/mol. The molecule has 2 rings (SSSR count). The van der Waals surface area contributed by atoms with Gasteiger partial charge in [-0.1, -0.05) is 18.5 Å². The third kappa shape index (κ3) is 3.58. The van der Waals surface area contributed by atoms with Crippen molar-refractivity contribution in [2.45, 2.75) is 71.0 Å². The van der Waals surface area contributed by atoms with Gasteiger partial charge < -0.3 is 5.11 Å². The summed E-state index contributed by atoms with van der Waals surface area (Å²) in [6, 6.07) is 0.379. The first kappa shape index (κ1) is 16.3. The maximum Gasteiger partial charge on any atom is 0.323 e. The van der Waals surface area contributed by atoms with E-state index in [0.717, 1.165) is 30.7 Å². The zero-order valence-corrected chi connectivity index (χ0v) is 13.7. The number of nitrogens with one attached hydrogen (secondary N) is 1. The van der Waals surface area contributed by atoms with Gasteiger partial charge in [0.25, 0.3) is 0 Å². The summed E-state index contributed by atoms with van der Waals surface area (Å²) in [6.07, 6.45) is 4.13. The third-order valence-corrected chi connectivity index (χ3v) is 4.88. The van der Waals surface area contributed by atoms with Crippen molar-refractivity contribution in [1.29, 1.82) is 0 Å². The first-order valence-corrected chi connectivity index (χ1v) is 7.98. The Bertz CT molecular complexity index is 525. The molecule has 1 aromatic rings. The Labute approximate surface area is 130 Å². The Morgan fingerprint density at radius 1 is 1.52 bits per heavy atom. The van der Waals surface area contributed by atoms with Crippen LogP contribution < -0.4 is 5.32 Å². The highest BCUT2D eigenvalue weighted by Gasteiger charge is 2.40. The maximum atomic E-state index is 11.7. The van der Waals surface area contributed by atoms with E-state index < -0.39 is 11.5 Å². The highest BCUT2D eigenvalue weighted by atomic mass is 35.5. The second-order valence-corrected chi connectivity index (χ2v) is 6.35. The molecule has 0 radical (unpaired) electrons. The predicted molar refractivity (Wildman–Crippen MR) is 82.8 cm³/mol. The highest BCUT2D eigenvalue weighted by Crippen LogP contribution is 2.28. The molecule has 0 spiro atoms.